The number of H-pyrrole nitrogens is 1. The van der Waals surface area contributed by atoms with E-state index in [9.17, 15) is 9.59 Å². The van der Waals surface area contributed by atoms with Crippen molar-refractivity contribution in [2.45, 2.75) is 38.6 Å². The molecule has 4 rings (SSSR count). The van der Waals surface area contributed by atoms with Gasteiger partial charge in [0.25, 0.3) is 0 Å². The molecule has 0 saturated heterocycles. The molecule has 1 saturated carbocycles. The molecule has 3 aromatic rings. The fourth-order valence-corrected chi connectivity index (χ4v) is 4.17. The normalized spacial score (nSPS) is 17.4. The van der Waals surface area contributed by atoms with Gasteiger partial charge in [0.15, 0.2) is 5.65 Å². The molecule has 0 aliphatic heterocycles. The molecule has 188 valence electrons. The quantitative estimate of drug-likeness (QED) is 0.262. The maximum atomic E-state index is 12.4. The molecule has 1 fully saturated rings. The summed E-state index contributed by atoms with van der Waals surface area (Å²) in [6, 6.07) is 2.22. The molecule has 13 heteroatoms. The van der Waals surface area contributed by atoms with Gasteiger partial charge in [-0.1, -0.05) is 19.8 Å². The standard InChI is InChI=1S/C20H26N6O3.C2H2O4/c1-12-5-3-4-6-15(12)26-16-13-7-8-21-17(13)23-11-14(16)18(25-26)24-20(28)19(27)22-9-10-29-2;3-1(4)2(5)6/h7-8,11-12,15,25H,3-6,9-10H2,1-2H3,(H,22,27)(H,24,28);(H,3,4)(H,5,6)/t12-,15-;/m1./s1. The van der Waals surface area contributed by atoms with E-state index in [4.69, 9.17) is 24.5 Å². The number of ether oxygens (including phenoxy) is 1. The Bertz CT molecular complexity index is 1220. The maximum absolute atomic E-state index is 12.4. The van der Waals surface area contributed by atoms with E-state index in [-0.39, 0.29) is 12.6 Å². The Hall–Kier alpha value is -4.00. The van der Waals surface area contributed by atoms with Crippen molar-refractivity contribution in [3.8, 4) is 0 Å². The van der Waals surface area contributed by atoms with Crippen LogP contribution in [0.2, 0.25) is 0 Å². The Balaban J connectivity index is 0.000000509. The van der Waals surface area contributed by atoms with Gasteiger partial charge >= 0.3 is 23.8 Å². The van der Waals surface area contributed by atoms with Gasteiger partial charge in [0.1, 0.15) is 5.82 Å². The molecular formula is C22H28N6O7. The number of nitrogens with one attached hydrogen (secondary N) is 3. The highest BCUT2D eigenvalue weighted by molar-refractivity contribution is 6.40. The molecule has 3 aromatic heterocycles. The maximum Gasteiger partial charge on any atom is 0.414 e. The lowest BCUT2D eigenvalue weighted by Crippen LogP contribution is -2.37. The number of hydrogen-bond donors (Lipinski definition) is 5. The summed E-state index contributed by atoms with van der Waals surface area (Å²) in [5.74, 6) is -4.10. The molecule has 35 heavy (non-hydrogen) atoms. The third-order valence-corrected chi connectivity index (χ3v) is 5.86. The summed E-state index contributed by atoms with van der Waals surface area (Å²) >= 11 is 0. The number of aromatic nitrogens is 4. The van der Waals surface area contributed by atoms with Gasteiger partial charge in [0, 0.05) is 31.4 Å². The van der Waals surface area contributed by atoms with E-state index in [1.54, 1.807) is 12.4 Å². The second kappa shape index (κ2) is 11.4. The summed E-state index contributed by atoms with van der Waals surface area (Å²) in [5.41, 5.74) is 1.63. The molecule has 1 aliphatic rings. The van der Waals surface area contributed by atoms with Crippen molar-refractivity contribution in [1.29, 1.82) is 0 Å². The number of carbonyl (C=O) groups is 4. The van der Waals surface area contributed by atoms with Crippen molar-refractivity contribution in [3.05, 3.63) is 18.5 Å². The third-order valence-electron chi connectivity index (χ3n) is 5.86. The van der Waals surface area contributed by atoms with E-state index in [2.05, 4.69) is 37.3 Å². The number of nitrogens with zero attached hydrogens (tertiary/aromatic N) is 3. The van der Waals surface area contributed by atoms with E-state index >= 15 is 0 Å². The van der Waals surface area contributed by atoms with Crippen LogP contribution in [0.3, 0.4) is 0 Å². The van der Waals surface area contributed by atoms with Gasteiger partial charge in [-0.15, -0.1) is 0 Å². The highest BCUT2D eigenvalue weighted by atomic mass is 16.5. The summed E-state index contributed by atoms with van der Waals surface area (Å²) in [4.78, 5) is 51.4. The van der Waals surface area contributed by atoms with E-state index in [1.165, 1.54) is 20.0 Å². The number of aliphatic carboxylic acids is 2. The summed E-state index contributed by atoms with van der Waals surface area (Å²) in [6.45, 7) is 2.87. The van der Waals surface area contributed by atoms with Crippen molar-refractivity contribution < 1.29 is 34.1 Å². The van der Waals surface area contributed by atoms with Crippen LogP contribution in [0.5, 0.6) is 0 Å². The zero-order valence-electron chi connectivity index (χ0n) is 19.4. The molecule has 1 aliphatic carbocycles. The molecule has 0 bridgehead atoms. The summed E-state index contributed by atoms with van der Waals surface area (Å²) < 4.78 is 7.02. The minimum absolute atomic E-state index is 0.273. The van der Waals surface area contributed by atoms with Gasteiger partial charge in [-0.25, -0.2) is 19.6 Å². The molecule has 2 amide bonds. The van der Waals surface area contributed by atoms with Crippen LogP contribution < -0.4 is 10.6 Å². The SMILES string of the molecule is COCCNC(=O)C(=O)Nc1[nH]n([C@@H]2CCCC[C@H]2C)c2c1cnc1nccc12.O=C(O)C(=O)O. The Labute approximate surface area is 199 Å². The highest BCUT2D eigenvalue weighted by Crippen LogP contribution is 2.38. The fraction of sp³-hybridized carbons (Fsp3) is 0.455. The van der Waals surface area contributed by atoms with Crippen LogP contribution in [-0.4, -0.2) is 74.0 Å². The van der Waals surface area contributed by atoms with Crippen LogP contribution in [-0.2, 0) is 23.9 Å². The molecule has 3 heterocycles. The predicted octanol–water partition coefficient (Wildman–Crippen LogP) is 1.52. The average molecular weight is 489 g/mol. The number of amides is 2. The number of fused-ring (bicyclic) bond motifs is 3. The minimum atomic E-state index is -1.82. The molecule has 2 atom stereocenters. The first-order valence-electron chi connectivity index (χ1n) is 11.1. The average Bonchev–Trinajstić information content (AvgIpc) is 3.44. The largest absolute Gasteiger partial charge is 0.473 e. The van der Waals surface area contributed by atoms with E-state index in [0.717, 1.165) is 29.1 Å². The minimum Gasteiger partial charge on any atom is -0.473 e. The summed E-state index contributed by atoms with van der Waals surface area (Å²) in [5, 5.41) is 25.1. The van der Waals surface area contributed by atoms with Gasteiger partial charge < -0.3 is 25.6 Å². The van der Waals surface area contributed by atoms with Gasteiger partial charge in [-0.05, 0) is 24.8 Å². The van der Waals surface area contributed by atoms with Crippen LogP contribution in [0.1, 0.15) is 38.6 Å². The van der Waals surface area contributed by atoms with Crippen LogP contribution in [0.15, 0.2) is 18.5 Å². The topological polar surface area (TPSA) is 189 Å². The second-order valence-electron chi connectivity index (χ2n) is 8.20. The van der Waals surface area contributed by atoms with Crippen molar-refractivity contribution in [1.82, 2.24) is 25.1 Å². The zero-order chi connectivity index (χ0) is 25.5. The summed E-state index contributed by atoms with van der Waals surface area (Å²) in [7, 11) is 1.54. The van der Waals surface area contributed by atoms with Gasteiger partial charge in [0.05, 0.1) is 23.6 Å². The molecule has 5 N–H and O–H groups in total. The van der Waals surface area contributed by atoms with Crippen molar-refractivity contribution in [3.63, 3.8) is 0 Å². The van der Waals surface area contributed by atoms with Gasteiger partial charge in [-0.3, -0.25) is 19.4 Å². The lowest BCUT2D eigenvalue weighted by Gasteiger charge is -2.30. The Morgan fingerprint density at radius 2 is 1.83 bits per heavy atom. The monoisotopic (exact) mass is 488 g/mol. The number of anilines is 1. The predicted molar refractivity (Wildman–Crippen MR) is 125 cm³/mol. The first-order valence-corrected chi connectivity index (χ1v) is 11.1. The van der Waals surface area contributed by atoms with E-state index in [0.29, 0.717) is 24.0 Å². The fourth-order valence-electron chi connectivity index (χ4n) is 4.17. The van der Waals surface area contributed by atoms with Crippen LogP contribution in [0.4, 0.5) is 5.82 Å². The Morgan fingerprint density at radius 1 is 1.11 bits per heavy atom. The molecular weight excluding hydrogens is 460 g/mol. The number of carboxylic acid groups (broad SMARTS) is 2. The molecule has 0 unspecified atom stereocenters. The number of carbonyl (C=O) groups excluding carboxylic acids is 2. The smallest absolute Gasteiger partial charge is 0.414 e. The number of hydrogen-bond acceptors (Lipinski definition) is 7. The van der Waals surface area contributed by atoms with Crippen LogP contribution in [0, 0.1) is 5.92 Å². The van der Waals surface area contributed by atoms with Crippen LogP contribution >= 0.6 is 0 Å². The van der Waals surface area contributed by atoms with Gasteiger partial charge in [0.2, 0.25) is 0 Å². The number of aromatic amines is 1. The van der Waals surface area contributed by atoms with Crippen molar-refractivity contribution in [2.75, 3.05) is 25.6 Å². The Kier molecular flexibility index (Phi) is 8.36. The number of rotatable bonds is 5. The van der Waals surface area contributed by atoms with Crippen LogP contribution in [0.25, 0.3) is 21.9 Å². The third kappa shape index (κ3) is 5.93. The van der Waals surface area contributed by atoms with Crippen molar-refractivity contribution >= 4 is 51.5 Å². The van der Waals surface area contributed by atoms with E-state index in [1.807, 2.05) is 6.07 Å². The zero-order valence-corrected chi connectivity index (χ0v) is 19.4. The second-order valence-corrected chi connectivity index (χ2v) is 8.20. The lowest BCUT2D eigenvalue weighted by molar-refractivity contribution is -0.159. The van der Waals surface area contributed by atoms with E-state index < -0.39 is 23.8 Å². The number of methoxy groups -OCH3 is 1. The Morgan fingerprint density at radius 3 is 2.49 bits per heavy atom. The molecule has 0 radical (unpaired) electrons. The number of pyridine rings is 1. The molecule has 0 spiro atoms. The first-order chi connectivity index (χ1) is 16.7. The number of carboxylic acids is 2. The molecule has 0 aromatic carbocycles. The summed E-state index contributed by atoms with van der Waals surface area (Å²) in [6.07, 6.45) is 8.06. The highest BCUT2D eigenvalue weighted by Gasteiger charge is 2.27. The van der Waals surface area contributed by atoms with Gasteiger partial charge in [-0.2, -0.15) is 0 Å². The first kappa shape index (κ1) is 25.6. The van der Waals surface area contributed by atoms with Crippen molar-refractivity contribution in [2.24, 2.45) is 5.92 Å². The lowest BCUT2D eigenvalue weighted by atomic mass is 9.86. The molecule has 13 nitrogen and oxygen atoms in total.